The molecule has 3 heteroatoms. The monoisotopic (exact) mass is 212 g/mol. The molecular weight excluding hydrogens is 196 g/mol. The van der Waals surface area contributed by atoms with E-state index in [4.69, 9.17) is 11.6 Å². The Morgan fingerprint density at radius 1 is 1.43 bits per heavy atom. The average Bonchev–Trinajstić information content (AvgIpc) is 2.01. The molecular formula is C11H17ClN2. The fraction of sp³-hybridized carbons (Fsp3) is 0.545. The summed E-state index contributed by atoms with van der Waals surface area (Å²) in [4.78, 5) is 4.30. The van der Waals surface area contributed by atoms with Crippen LogP contribution in [0.3, 0.4) is 0 Å². The highest BCUT2D eigenvalue weighted by atomic mass is 35.5. The summed E-state index contributed by atoms with van der Waals surface area (Å²) >= 11 is 5.76. The van der Waals surface area contributed by atoms with E-state index in [9.17, 15) is 0 Å². The Morgan fingerprint density at radius 3 is 2.50 bits per heavy atom. The molecule has 0 aliphatic rings. The second-order valence-corrected chi connectivity index (χ2v) is 4.77. The summed E-state index contributed by atoms with van der Waals surface area (Å²) < 4.78 is 0. The van der Waals surface area contributed by atoms with Gasteiger partial charge >= 0.3 is 0 Å². The van der Waals surface area contributed by atoms with Crippen molar-refractivity contribution in [1.29, 1.82) is 0 Å². The van der Waals surface area contributed by atoms with Gasteiger partial charge in [-0.25, -0.2) is 4.98 Å². The van der Waals surface area contributed by atoms with Crippen LogP contribution in [0.4, 0.5) is 5.82 Å². The molecule has 78 valence electrons. The molecule has 0 spiro atoms. The summed E-state index contributed by atoms with van der Waals surface area (Å²) in [6, 6.07) is 2.03. The van der Waals surface area contributed by atoms with Crippen LogP contribution in [0.2, 0.25) is 0 Å². The van der Waals surface area contributed by atoms with Gasteiger partial charge in [-0.05, 0) is 44.9 Å². The summed E-state index contributed by atoms with van der Waals surface area (Å²) in [6.07, 6.45) is 1.83. The second kappa shape index (κ2) is 4.18. The van der Waals surface area contributed by atoms with E-state index in [1.165, 1.54) is 5.56 Å². The third kappa shape index (κ3) is 3.18. The first kappa shape index (κ1) is 11.3. The van der Waals surface area contributed by atoms with Gasteiger partial charge in [0.05, 0.1) is 0 Å². The van der Waals surface area contributed by atoms with Crippen molar-refractivity contribution in [2.45, 2.75) is 39.1 Å². The smallest absolute Gasteiger partial charge is 0.126 e. The molecule has 0 aliphatic carbocycles. The summed E-state index contributed by atoms with van der Waals surface area (Å²) in [5, 5.41) is 3.32. The van der Waals surface area contributed by atoms with Crippen LogP contribution in [0.5, 0.6) is 0 Å². The minimum Gasteiger partial charge on any atom is -0.365 e. The lowest BCUT2D eigenvalue weighted by atomic mass is 10.1. The van der Waals surface area contributed by atoms with E-state index in [1.807, 2.05) is 19.2 Å². The molecule has 2 nitrogen and oxygen atoms in total. The molecule has 1 rings (SSSR count). The molecule has 0 aliphatic heterocycles. The molecule has 1 aromatic heterocycles. The lowest BCUT2D eigenvalue weighted by Crippen LogP contribution is -2.26. The number of alkyl halides is 1. The Balaban J connectivity index is 2.87. The van der Waals surface area contributed by atoms with Crippen LogP contribution in [0, 0.1) is 6.92 Å². The normalized spacial score (nSPS) is 11.5. The van der Waals surface area contributed by atoms with Gasteiger partial charge in [0, 0.05) is 17.6 Å². The zero-order chi connectivity index (χ0) is 10.8. The van der Waals surface area contributed by atoms with Gasteiger partial charge in [-0.1, -0.05) is 0 Å². The van der Waals surface area contributed by atoms with Gasteiger partial charge in [0.2, 0.25) is 0 Å². The number of nitrogens with zero attached hydrogens (tertiary/aromatic N) is 1. The summed E-state index contributed by atoms with van der Waals surface area (Å²) in [5.74, 6) is 1.43. The first-order chi connectivity index (χ1) is 6.42. The number of halogens is 1. The van der Waals surface area contributed by atoms with Crippen LogP contribution in [0.25, 0.3) is 0 Å². The van der Waals surface area contributed by atoms with Crippen LogP contribution in [0.15, 0.2) is 12.3 Å². The predicted octanol–water partition coefficient (Wildman–Crippen LogP) is 3.34. The SMILES string of the molecule is Cc1cc(NC(C)(C)C)ncc1CCl. The highest BCUT2D eigenvalue weighted by Gasteiger charge is 2.10. The first-order valence-electron chi connectivity index (χ1n) is 4.72. The van der Waals surface area contributed by atoms with Gasteiger partial charge in [-0.3, -0.25) is 0 Å². The number of aryl methyl sites for hydroxylation is 1. The van der Waals surface area contributed by atoms with E-state index >= 15 is 0 Å². The van der Waals surface area contributed by atoms with Crippen molar-refractivity contribution in [3.8, 4) is 0 Å². The Morgan fingerprint density at radius 2 is 2.07 bits per heavy atom. The van der Waals surface area contributed by atoms with Gasteiger partial charge in [-0.15, -0.1) is 11.6 Å². The standard InChI is InChI=1S/C11H17ClN2/c1-8-5-10(14-11(2,3)4)13-7-9(8)6-12/h5,7H,6H2,1-4H3,(H,13,14). The highest BCUT2D eigenvalue weighted by Crippen LogP contribution is 2.16. The van der Waals surface area contributed by atoms with E-state index in [0.717, 1.165) is 11.4 Å². The number of pyridine rings is 1. The molecule has 1 N–H and O–H groups in total. The van der Waals surface area contributed by atoms with Gasteiger partial charge in [0.15, 0.2) is 0 Å². The molecule has 0 fully saturated rings. The number of rotatable bonds is 2. The number of nitrogens with one attached hydrogen (secondary N) is 1. The zero-order valence-corrected chi connectivity index (χ0v) is 9.94. The zero-order valence-electron chi connectivity index (χ0n) is 9.19. The predicted molar refractivity (Wildman–Crippen MR) is 61.9 cm³/mol. The molecule has 0 aromatic carbocycles. The highest BCUT2D eigenvalue weighted by molar-refractivity contribution is 6.17. The van der Waals surface area contributed by atoms with Crippen LogP contribution in [0.1, 0.15) is 31.9 Å². The Hall–Kier alpha value is -0.760. The van der Waals surface area contributed by atoms with Gasteiger partial charge in [0.1, 0.15) is 5.82 Å². The average molecular weight is 213 g/mol. The summed E-state index contributed by atoms with van der Waals surface area (Å²) in [7, 11) is 0. The van der Waals surface area contributed by atoms with E-state index in [0.29, 0.717) is 5.88 Å². The topological polar surface area (TPSA) is 24.9 Å². The minimum atomic E-state index is 0.0436. The number of aromatic nitrogens is 1. The van der Waals surface area contributed by atoms with E-state index in [1.54, 1.807) is 0 Å². The molecule has 1 aromatic rings. The maximum absolute atomic E-state index is 5.76. The molecule has 1 heterocycles. The Kier molecular flexibility index (Phi) is 3.38. The molecule has 0 unspecified atom stereocenters. The largest absolute Gasteiger partial charge is 0.365 e. The van der Waals surface area contributed by atoms with Crippen LogP contribution in [-0.4, -0.2) is 10.5 Å². The molecule has 14 heavy (non-hydrogen) atoms. The van der Waals surface area contributed by atoms with Crippen molar-refractivity contribution in [2.24, 2.45) is 0 Å². The fourth-order valence-corrected chi connectivity index (χ4v) is 1.46. The Bertz CT molecular complexity index is 316. The first-order valence-corrected chi connectivity index (χ1v) is 5.25. The van der Waals surface area contributed by atoms with Crippen LogP contribution in [-0.2, 0) is 5.88 Å². The molecule has 0 saturated heterocycles. The molecule has 0 bridgehead atoms. The van der Waals surface area contributed by atoms with Gasteiger partial charge in [-0.2, -0.15) is 0 Å². The lowest BCUT2D eigenvalue weighted by Gasteiger charge is -2.21. The van der Waals surface area contributed by atoms with E-state index < -0.39 is 0 Å². The fourth-order valence-electron chi connectivity index (χ4n) is 1.18. The van der Waals surface area contributed by atoms with Crippen molar-refractivity contribution in [1.82, 2.24) is 4.98 Å². The quantitative estimate of drug-likeness (QED) is 0.761. The minimum absolute atomic E-state index is 0.0436. The third-order valence-electron chi connectivity index (χ3n) is 1.87. The van der Waals surface area contributed by atoms with Crippen molar-refractivity contribution in [3.05, 3.63) is 23.4 Å². The lowest BCUT2D eigenvalue weighted by molar-refractivity contribution is 0.630. The van der Waals surface area contributed by atoms with Gasteiger partial charge < -0.3 is 5.32 Å². The summed E-state index contributed by atoms with van der Waals surface area (Å²) in [6.45, 7) is 8.38. The van der Waals surface area contributed by atoms with Crippen LogP contribution < -0.4 is 5.32 Å². The Labute approximate surface area is 90.7 Å². The number of hydrogen-bond acceptors (Lipinski definition) is 2. The molecule has 0 amide bonds. The number of anilines is 1. The molecule has 0 saturated carbocycles. The number of hydrogen-bond donors (Lipinski definition) is 1. The maximum Gasteiger partial charge on any atom is 0.126 e. The van der Waals surface area contributed by atoms with Crippen molar-refractivity contribution >= 4 is 17.4 Å². The van der Waals surface area contributed by atoms with E-state index in [2.05, 4.69) is 31.1 Å². The summed E-state index contributed by atoms with van der Waals surface area (Å²) in [5.41, 5.74) is 2.31. The van der Waals surface area contributed by atoms with Crippen LogP contribution >= 0.6 is 11.6 Å². The van der Waals surface area contributed by atoms with Crippen molar-refractivity contribution < 1.29 is 0 Å². The molecule has 0 radical (unpaired) electrons. The molecule has 0 atom stereocenters. The maximum atomic E-state index is 5.76. The second-order valence-electron chi connectivity index (χ2n) is 4.50. The van der Waals surface area contributed by atoms with Crippen molar-refractivity contribution in [3.63, 3.8) is 0 Å². The van der Waals surface area contributed by atoms with Gasteiger partial charge in [0.25, 0.3) is 0 Å². The third-order valence-corrected chi connectivity index (χ3v) is 2.15. The van der Waals surface area contributed by atoms with E-state index in [-0.39, 0.29) is 5.54 Å². The van der Waals surface area contributed by atoms with Crippen molar-refractivity contribution in [2.75, 3.05) is 5.32 Å².